The van der Waals surface area contributed by atoms with Gasteiger partial charge in [0, 0.05) is 25.2 Å². The average molecular weight is 240 g/mol. The number of piperidine rings is 1. The Hall–Kier alpha value is -1.16. The Morgan fingerprint density at radius 3 is 2.71 bits per heavy atom. The number of hydrogen-bond donors (Lipinski definition) is 1. The first-order chi connectivity index (χ1) is 8.11. The predicted molar refractivity (Wildman–Crippen MR) is 65.2 cm³/mol. The smallest absolute Gasteiger partial charge is 0.149 e. The molecule has 1 aromatic rings. The highest BCUT2D eigenvalue weighted by molar-refractivity contribution is 5.48. The molecule has 1 aromatic carbocycles. The molecule has 0 radical (unpaired) electrons. The number of hydrogen-bond acceptors (Lipinski definition) is 2. The fraction of sp³-hybridized carbons (Fsp3) is 0.538. The summed E-state index contributed by atoms with van der Waals surface area (Å²) in [5.74, 6) is -0.539. The molecule has 2 rings (SSSR count). The standard InChI is InChI=1S/C13H18F2N2/c1-9-8-17(6-5-12(9)16-2)13-4-3-10(14)7-11(13)15/h3-4,7,9,12,16H,5-6,8H2,1-2H3. The van der Waals surface area contributed by atoms with Gasteiger partial charge in [-0.1, -0.05) is 6.92 Å². The van der Waals surface area contributed by atoms with Crippen LogP contribution in [0.25, 0.3) is 0 Å². The second kappa shape index (κ2) is 5.00. The van der Waals surface area contributed by atoms with Gasteiger partial charge < -0.3 is 10.2 Å². The van der Waals surface area contributed by atoms with E-state index in [0.717, 1.165) is 25.6 Å². The van der Waals surface area contributed by atoms with E-state index in [4.69, 9.17) is 0 Å². The van der Waals surface area contributed by atoms with Crippen LogP contribution in [0.5, 0.6) is 0 Å². The molecule has 0 bridgehead atoms. The average Bonchev–Trinajstić information content (AvgIpc) is 2.29. The van der Waals surface area contributed by atoms with Gasteiger partial charge in [-0.15, -0.1) is 0 Å². The summed E-state index contributed by atoms with van der Waals surface area (Å²) in [6.07, 6.45) is 0.981. The molecule has 17 heavy (non-hydrogen) atoms. The lowest BCUT2D eigenvalue weighted by atomic mass is 9.93. The number of anilines is 1. The SMILES string of the molecule is CNC1CCN(c2ccc(F)cc2F)CC1C. The van der Waals surface area contributed by atoms with Crippen LogP contribution in [0.1, 0.15) is 13.3 Å². The van der Waals surface area contributed by atoms with E-state index in [0.29, 0.717) is 17.6 Å². The van der Waals surface area contributed by atoms with Crippen LogP contribution in [0.4, 0.5) is 14.5 Å². The highest BCUT2D eigenvalue weighted by Gasteiger charge is 2.26. The minimum atomic E-state index is -0.524. The normalized spacial score (nSPS) is 25.1. The molecule has 0 saturated carbocycles. The highest BCUT2D eigenvalue weighted by atomic mass is 19.1. The van der Waals surface area contributed by atoms with Crippen molar-refractivity contribution in [2.75, 3.05) is 25.0 Å². The van der Waals surface area contributed by atoms with Crippen molar-refractivity contribution in [3.8, 4) is 0 Å². The zero-order valence-electron chi connectivity index (χ0n) is 10.2. The van der Waals surface area contributed by atoms with Gasteiger partial charge in [0.05, 0.1) is 5.69 Å². The summed E-state index contributed by atoms with van der Waals surface area (Å²) in [7, 11) is 1.95. The van der Waals surface area contributed by atoms with E-state index in [2.05, 4.69) is 12.2 Å². The van der Waals surface area contributed by atoms with E-state index >= 15 is 0 Å². The highest BCUT2D eigenvalue weighted by Crippen LogP contribution is 2.26. The molecule has 0 spiro atoms. The molecule has 0 aliphatic carbocycles. The summed E-state index contributed by atoms with van der Waals surface area (Å²) in [6.45, 7) is 3.75. The third kappa shape index (κ3) is 2.57. The molecule has 1 aliphatic rings. The Labute approximate surface area is 101 Å². The fourth-order valence-corrected chi connectivity index (χ4v) is 2.53. The molecule has 1 N–H and O–H groups in total. The van der Waals surface area contributed by atoms with Gasteiger partial charge in [0.15, 0.2) is 0 Å². The molecule has 1 fully saturated rings. The molecule has 2 atom stereocenters. The lowest BCUT2D eigenvalue weighted by Crippen LogP contribution is -2.47. The molecule has 0 aromatic heterocycles. The van der Waals surface area contributed by atoms with Crippen LogP contribution in [0, 0.1) is 17.6 Å². The Morgan fingerprint density at radius 2 is 2.12 bits per heavy atom. The van der Waals surface area contributed by atoms with Gasteiger partial charge in [-0.3, -0.25) is 0 Å². The first kappa shape index (κ1) is 12.3. The van der Waals surface area contributed by atoms with Crippen molar-refractivity contribution >= 4 is 5.69 Å². The topological polar surface area (TPSA) is 15.3 Å². The van der Waals surface area contributed by atoms with Gasteiger partial charge in [0.25, 0.3) is 0 Å². The van der Waals surface area contributed by atoms with Crippen LogP contribution in [0.3, 0.4) is 0 Å². The van der Waals surface area contributed by atoms with Crippen LogP contribution in [0.2, 0.25) is 0 Å². The van der Waals surface area contributed by atoms with Crippen molar-refractivity contribution in [2.24, 2.45) is 5.92 Å². The monoisotopic (exact) mass is 240 g/mol. The molecule has 1 aliphatic heterocycles. The predicted octanol–water partition coefficient (Wildman–Crippen LogP) is 2.40. The molecular weight excluding hydrogens is 222 g/mol. The van der Waals surface area contributed by atoms with E-state index in [1.165, 1.54) is 12.1 Å². The van der Waals surface area contributed by atoms with Crippen LogP contribution in [0.15, 0.2) is 18.2 Å². The second-order valence-corrected chi connectivity index (χ2v) is 4.70. The third-order valence-electron chi connectivity index (χ3n) is 3.53. The summed E-state index contributed by atoms with van der Waals surface area (Å²) in [5.41, 5.74) is 0.507. The number of halogens is 2. The summed E-state index contributed by atoms with van der Waals surface area (Å²) >= 11 is 0. The van der Waals surface area contributed by atoms with Crippen molar-refractivity contribution in [1.29, 1.82) is 0 Å². The molecule has 1 saturated heterocycles. The Kier molecular flexibility index (Phi) is 3.62. The van der Waals surface area contributed by atoms with E-state index < -0.39 is 11.6 Å². The summed E-state index contributed by atoms with van der Waals surface area (Å²) < 4.78 is 26.5. The van der Waals surface area contributed by atoms with Gasteiger partial charge in [0.1, 0.15) is 11.6 Å². The molecule has 1 heterocycles. The minimum Gasteiger partial charge on any atom is -0.369 e. The Bertz CT molecular complexity index is 395. The maximum absolute atomic E-state index is 13.6. The number of nitrogens with one attached hydrogen (secondary N) is 1. The lowest BCUT2D eigenvalue weighted by Gasteiger charge is -2.38. The van der Waals surface area contributed by atoms with Gasteiger partial charge in [-0.25, -0.2) is 8.78 Å². The maximum atomic E-state index is 13.6. The molecule has 2 nitrogen and oxygen atoms in total. The van der Waals surface area contributed by atoms with E-state index in [1.807, 2.05) is 11.9 Å². The summed E-state index contributed by atoms with van der Waals surface area (Å²) in [4.78, 5) is 1.99. The van der Waals surface area contributed by atoms with Crippen molar-refractivity contribution in [3.05, 3.63) is 29.8 Å². The summed E-state index contributed by atoms with van der Waals surface area (Å²) in [6, 6.07) is 4.27. The van der Waals surface area contributed by atoms with Gasteiger partial charge in [-0.05, 0) is 31.5 Å². The molecular formula is C13H18F2N2. The van der Waals surface area contributed by atoms with Crippen molar-refractivity contribution < 1.29 is 8.78 Å². The van der Waals surface area contributed by atoms with Crippen LogP contribution < -0.4 is 10.2 Å². The van der Waals surface area contributed by atoms with Gasteiger partial charge >= 0.3 is 0 Å². The van der Waals surface area contributed by atoms with Crippen LogP contribution in [-0.2, 0) is 0 Å². The van der Waals surface area contributed by atoms with Crippen molar-refractivity contribution in [2.45, 2.75) is 19.4 Å². The van der Waals surface area contributed by atoms with E-state index in [9.17, 15) is 8.78 Å². The maximum Gasteiger partial charge on any atom is 0.149 e. The number of rotatable bonds is 2. The zero-order valence-corrected chi connectivity index (χ0v) is 10.2. The summed E-state index contributed by atoms with van der Waals surface area (Å²) in [5, 5.41) is 3.27. The lowest BCUT2D eigenvalue weighted by molar-refractivity contribution is 0.337. The number of nitrogens with zero attached hydrogens (tertiary/aromatic N) is 1. The molecule has 94 valence electrons. The van der Waals surface area contributed by atoms with E-state index in [1.54, 1.807) is 0 Å². The van der Waals surface area contributed by atoms with Crippen molar-refractivity contribution in [3.63, 3.8) is 0 Å². The van der Waals surface area contributed by atoms with E-state index in [-0.39, 0.29) is 0 Å². The molecule has 2 unspecified atom stereocenters. The Morgan fingerprint density at radius 1 is 1.35 bits per heavy atom. The van der Waals surface area contributed by atoms with Crippen LogP contribution in [-0.4, -0.2) is 26.2 Å². The largest absolute Gasteiger partial charge is 0.369 e. The Balaban J connectivity index is 2.14. The van der Waals surface area contributed by atoms with Gasteiger partial charge in [0.2, 0.25) is 0 Å². The third-order valence-corrected chi connectivity index (χ3v) is 3.53. The molecule has 0 amide bonds. The first-order valence-corrected chi connectivity index (χ1v) is 5.99. The van der Waals surface area contributed by atoms with Crippen molar-refractivity contribution in [1.82, 2.24) is 5.32 Å². The first-order valence-electron chi connectivity index (χ1n) is 5.99. The molecule has 4 heteroatoms. The quantitative estimate of drug-likeness (QED) is 0.854. The second-order valence-electron chi connectivity index (χ2n) is 4.70. The minimum absolute atomic E-state index is 0.457. The fourth-order valence-electron chi connectivity index (χ4n) is 2.53. The van der Waals surface area contributed by atoms with Crippen LogP contribution >= 0.6 is 0 Å². The number of benzene rings is 1. The van der Waals surface area contributed by atoms with Gasteiger partial charge in [-0.2, -0.15) is 0 Å². The zero-order chi connectivity index (χ0) is 12.4.